The van der Waals surface area contributed by atoms with Crippen molar-refractivity contribution in [3.63, 3.8) is 0 Å². The van der Waals surface area contributed by atoms with Gasteiger partial charge < -0.3 is 10.6 Å². The lowest BCUT2D eigenvalue weighted by molar-refractivity contribution is -0.137. The normalized spacial score (nSPS) is 36.6. The van der Waals surface area contributed by atoms with Gasteiger partial charge in [-0.25, -0.2) is 0 Å². The van der Waals surface area contributed by atoms with Crippen LogP contribution in [0.2, 0.25) is 0 Å². The van der Waals surface area contributed by atoms with Crippen molar-refractivity contribution in [3.8, 4) is 0 Å². The predicted molar refractivity (Wildman–Crippen MR) is 71.6 cm³/mol. The summed E-state index contributed by atoms with van der Waals surface area (Å²) in [6.07, 6.45) is 5.75. The topological polar surface area (TPSA) is 87.3 Å². The van der Waals surface area contributed by atoms with Gasteiger partial charge in [-0.15, -0.1) is 0 Å². The Balaban J connectivity index is 1.47. The minimum atomic E-state index is -0.543. The second-order valence-electron chi connectivity index (χ2n) is 6.25. The van der Waals surface area contributed by atoms with Gasteiger partial charge in [-0.2, -0.15) is 0 Å². The van der Waals surface area contributed by atoms with E-state index in [0.29, 0.717) is 37.3 Å². The number of piperidine rings is 2. The standard InChI is InChI=1S/C14H21N3O3/c18-12-4-3-11(14(20)17-12)16-13(19)7-8-5-9-1-2-10(6-8)15-9/h8-11,15H,1-7H2,(H,16,19)(H,17,18,20). The highest BCUT2D eigenvalue weighted by Crippen LogP contribution is 2.32. The molecular formula is C14H21N3O3. The molecule has 3 saturated heterocycles. The molecule has 0 aromatic heterocycles. The Labute approximate surface area is 118 Å². The lowest BCUT2D eigenvalue weighted by atomic mass is 9.89. The van der Waals surface area contributed by atoms with E-state index in [1.54, 1.807) is 0 Å². The highest BCUT2D eigenvalue weighted by atomic mass is 16.2. The average Bonchev–Trinajstić information content (AvgIpc) is 2.72. The van der Waals surface area contributed by atoms with E-state index in [9.17, 15) is 14.4 Å². The Kier molecular flexibility index (Phi) is 3.74. The first-order chi connectivity index (χ1) is 9.60. The number of hydrogen-bond donors (Lipinski definition) is 3. The van der Waals surface area contributed by atoms with Crippen LogP contribution < -0.4 is 16.0 Å². The molecule has 3 aliphatic rings. The molecule has 3 aliphatic heterocycles. The summed E-state index contributed by atoms with van der Waals surface area (Å²) >= 11 is 0. The maximum absolute atomic E-state index is 12.0. The van der Waals surface area contributed by atoms with Crippen molar-refractivity contribution in [3.05, 3.63) is 0 Å². The molecule has 6 heteroatoms. The van der Waals surface area contributed by atoms with E-state index in [1.165, 1.54) is 12.8 Å². The average molecular weight is 279 g/mol. The van der Waals surface area contributed by atoms with Crippen molar-refractivity contribution in [2.75, 3.05) is 0 Å². The summed E-state index contributed by atoms with van der Waals surface area (Å²) in [6, 6.07) is 0.600. The number of rotatable bonds is 3. The summed E-state index contributed by atoms with van der Waals surface area (Å²) in [5.41, 5.74) is 0. The number of carbonyl (C=O) groups is 3. The molecule has 110 valence electrons. The van der Waals surface area contributed by atoms with Crippen LogP contribution in [0.5, 0.6) is 0 Å². The fraction of sp³-hybridized carbons (Fsp3) is 0.786. The number of fused-ring (bicyclic) bond motifs is 2. The van der Waals surface area contributed by atoms with Gasteiger partial charge in [0, 0.05) is 24.9 Å². The largest absolute Gasteiger partial charge is 0.344 e. The lowest BCUT2D eigenvalue weighted by Gasteiger charge is -2.29. The molecular weight excluding hydrogens is 258 g/mol. The predicted octanol–water partition coefficient (Wildman–Crippen LogP) is -0.171. The summed E-state index contributed by atoms with van der Waals surface area (Å²) in [7, 11) is 0. The molecule has 0 aromatic rings. The Morgan fingerprint density at radius 3 is 2.50 bits per heavy atom. The van der Waals surface area contributed by atoms with Crippen LogP contribution in [-0.4, -0.2) is 35.8 Å². The van der Waals surface area contributed by atoms with Crippen LogP contribution >= 0.6 is 0 Å². The summed E-state index contributed by atoms with van der Waals surface area (Å²) in [6.45, 7) is 0. The van der Waals surface area contributed by atoms with Crippen LogP contribution in [0.4, 0.5) is 0 Å². The maximum atomic E-state index is 12.0. The first kappa shape index (κ1) is 13.5. The van der Waals surface area contributed by atoms with E-state index in [2.05, 4.69) is 16.0 Å². The van der Waals surface area contributed by atoms with Gasteiger partial charge in [-0.3, -0.25) is 19.7 Å². The maximum Gasteiger partial charge on any atom is 0.249 e. The Morgan fingerprint density at radius 1 is 1.15 bits per heavy atom. The van der Waals surface area contributed by atoms with E-state index in [0.717, 1.165) is 12.8 Å². The second kappa shape index (κ2) is 5.52. The summed E-state index contributed by atoms with van der Waals surface area (Å²) < 4.78 is 0. The third kappa shape index (κ3) is 3.00. The van der Waals surface area contributed by atoms with Crippen molar-refractivity contribution in [2.24, 2.45) is 5.92 Å². The van der Waals surface area contributed by atoms with Gasteiger partial charge in [0.05, 0.1) is 0 Å². The molecule has 0 spiro atoms. The zero-order valence-electron chi connectivity index (χ0n) is 11.5. The van der Waals surface area contributed by atoms with E-state index in [1.807, 2.05) is 0 Å². The first-order valence-corrected chi connectivity index (χ1v) is 7.49. The molecule has 2 bridgehead atoms. The molecule has 20 heavy (non-hydrogen) atoms. The molecule has 3 amide bonds. The summed E-state index contributed by atoms with van der Waals surface area (Å²) in [4.78, 5) is 34.7. The highest BCUT2D eigenvalue weighted by Gasteiger charge is 2.35. The molecule has 0 aromatic carbocycles. The molecule has 3 N–H and O–H groups in total. The Hall–Kier alpha value is -1.43. The van der Waals surface area contributed by atoms with Gasteiger partial charge >= 0.3 is 0 Å². The molecule has 0 saturated carbocycles. The summed E-state index contributed by atoms with van der Waals surface area (Å²) in [5, 5.41) is 8.58. The van der Waals surface area contributed by atoms with Crippen molar-refractivity contribution in [2.45, 2.75) is 63.1 Å². The molecule has 0 radical (unpaired) electrons. The third-order valence-corrected chi connectivity index (χ3v) is 4.62. The fourth-order valence-electron chi connectivity index (χ4n) is 3.69. The number of nitrogens with one attached hydrogen (secondary N) is 3. The minimum absolute atomic E-state index is 0.0641. The van der Waals surface area contributed by atoms with Crippen molar-refractivity contribution < 1.29 is 14.4 Å². The van der Waals surface area contributed by atoms with Crippen LogP contribution in [0.3, 0.4) is 0 Å². The summed E-state index contributed by atoms with van der Waals surface area (Å²) in [5.74, 6) is -0.275. The number of amides is 3. The van der Waals surface area contributed by atoms with Crippen LogP contribution in [0.15, 0.2) is 0 Å². The quantitative estimate of drug-likeness (QED) is 0.626. The lowest BCUT2D eigenvalue weighted by Crippen LogP contribution is -2.52. The Morgan fingerprint density at radius 2 is 1.85 bits per heavy atom. The zero-order valence-corrected chi connectivity index (χ0v) is 11.5. The van der Waals surface area contributed by atoms with E-state index < -0.39 is 6.04 Å². The molecule has 3 unspecified atom stereocenters. The molecule has 3 atom stereocenters. The van der Waals surface area contributed by atoms with E-state index in [4.69, 9.17) is 0 Å². The van der Waals surface area contributed by atoms with Crippen LogP contribution in [0, 0.1) is 5.92 Å². The number of carbonyl (C=O) groups excluding carboxylic acids is 3. The fourth-order valence-corrected chi connectivity index (χ4v) is 3.69. The first-order valence-electron chi connectivity index (χ1n) is 7.49. The van der Waals surface area contributed by atoms with Crippen LogP contribution in [0.1, 0.15) is 44.9 Å². The van der Waals surface area contributed by atoms with Gasteiger partial charge in [-0.1, -0.05) is 0 Å². The number of hydrogen-bond acceptors (Lipinski definition) is 4. The van der Waals surface area contributed by atoms with Crippen LogP contribution in [0.25, 0.3) is 0 Å². The molecule has 3 heterocycles. The molecule has 3 fully saturated rings. The van der Waals surface area contributed by atoms with E-state index >= 15 is 0 Å². The Bertz CT molecular complexity index is 425. The van der Waals surface area contributed by atoms with Gasteiger partial charge in [0.2, 0.25) is 17.7 Å². The van der Waals surface area contributed by atoms with Gasteiger partial charge in [-0.05, 0) is 38.0 Å². The van der Waals surface area contributed by atoms with Gasteiger partial charge in [0.15, 0.2) is 0 Å². The number of imide groups is 1. The van der Waals surface area contributed by atoms with Crippen molar-refractivity contribution >= 4 is 17.7 Å². The van der Waals surface area contributed by atoms with Gasteiger partial charge in [0.25, 0.3) is 0 Å². The smallest absolute Gasteiger partial charge is 0.249 e. The zero-order chi connectivity index (χ0) is 14.1. The molecule has 6 nitrogen and oxygen atoms in total. The second-order valence-corrected chi connectivity index (χ2v) is 6.25. The SMILES string of the molecule is O=C1CCC(NC(=O)CC2CC3CCC(C2)N3)C(=O)N1. The third-order valence-electron chi connectivity index (χ3n) is 4.62. The van der Waals surface area contributed by atoms with E-state index in [-0.39, 0.29) is 17.7 Å². The van der Waals surface area contributed by atoms with Crippen molar-refractivity contribution in [1.29, 1.82) is 0 Å². The van der Waals surface area contributed by atoms with Gasteiger partial charge in [0.1, 0.15) is 6.04 Å². The molecule has 3 rings (SSSR count). The van der Waals surface area contributed by atoms with Crippen molar-refractivity contribution in [1.82, 2.24) is 16.0 Å². The highest BCUT2D eigenvalue weighted by molar-refractivity contribution is 6.01. The monoisotopic (exact) mass is 279 g/mol. The van der Waals surface area contributed by atoms with Crippen LogP contribution in [-0.2, 0) is 14.4 Å². The molecule has 0 aliphatic carbocycles. The minimum Gasteiger partial charge on any atom is -0.344 e.